The molecular formula is C26H30N2O5. The number of alkyl carbamates (subject to hydrolysis) is 1. The molecule has 0 spiro atoms. The monoisotopic (exact) mass is 450 g/mol. The Morgan fingerprint density at radius 3 is 2.21 bits per heavy atom. The summed E-state index contributed by atoms with van der Waals surface area (Å²) in [5.74, 6) is -1.88. The van der Waals surface area contributed by atoms with Gasteiger partial charge in [-0.25, -0.2) is 9.59 Å². The predicted octanol–water partition coefficient (Wildman–Crippen LogP) is 4.06. The normalized spacial score (nSPS) is 20.3. The van der Waals surface area contributed by atoms with E-state index in [9.17, 15) is 19.5 Å². The number of hydrogen-bond donors (Lipinski definition) is 3. The average Bonchev–Trinajstić information content (AvgIpc) is 3.15. The lowest BCUT2D eigenvalue weighted by Crippen LogP contribution is -2.51. The van der Waals surface area contributed by atoms with Crippen molar-refractivity contribution in [2.75, 3.05) is 6.61 Å². The third kappa shape index (κ3) is 4.87. The van der Waals surface area contributed by atoms with Crippen LogP contribution in [0.15, 0.2) is 48.5 Å². The van der Waals surface area contributed by atoms with Crippen LogP contribution in [0.1, 0.15) is 56.1 Å². The van der Waals surface area contributed by atoms with Gasteiger partial charge in [-0.15, -0.1) is 0 Å². The summed E-state index contributed by atoms with van der Waals surface area (Å²) in [6, 6.07) is 15.0. The molecule has 2 aromatic carbocycles. The van der Waals surface area contributed by atoms with Gasteiger partial charge in [-0.3, -0.25) is 4.79 Å². The summed E-state index contributed by atoms with van der Waals surface area (Å²) in [4.78, 5) is 36.7. The van der Waals surface area contributed by atoms with E-state index < -0.39 is 24.0 Å². The second kappa shape index (κ2) is 10.1. The molecule has 3 atom stereocenters. The van der Waals surface area contributed by atoms with Crippen molar-refractivity contribution in [3.8, 4) is 11.1 Å². The van der Waals surface area contributed by atoms with Crippen LogP contribution in [0.25, 0.3) is 11.1 Å². The van der Waals surface area contributed by atoms with Gasteiger partial charge in [0.1, 0.15) is 12.6 Å². The molecule has 174 valence electrons. The van der Waals surface area contributed by atoms with Crippen LogP contribution in [0.3, 0.4) is 0 Å². The van der Waals surface area contributed by atoms with Crippen LogP contribution in [0, 0.1) is 5.92 Å². The number of carbonyl (C=O) groups is 3. The lowest BCUT2D eigenvalue weighted by molar-refractivity contribution is -0.143. The Labute approximate surface area is 193 Å². The third-order valence-corrected chi connectivity index (χ3v) is 6.77. The van der Waals surface area contributed by atoms with Gasteiger partial charge in [-0.1, -0.05) is 68.3 Å². The molecule has 7 nitrogen and oxygen atoms in total. The molecule has 2 aliphatic rings. The zero-order chi connectivity index (χ0) is 23.4. The number of nitrogens with one attached hydrogen (secondary N) is 2. The largest absolute Gasteiger partial charge is 0.480 e. The SMILES string of the molecule is CC[C@H](NC(=O)C1CCCCC1NC(=O)OCC1c2ccccc2-c2ccccc21)C(=O)O. The standard InChI is InChI=1S/C26H30N2O5/c1-2-22(25(30)31)27-24(29)20-13-7-8-14-23(20)28-26(32)33-15-21-18-11-5-3-9-16(18)17-10-4-6-12-19(17)21/h3-6,9-12,20-23H,2,7-8,13-15H2,1H3,(H,27,29)(H,28,32)(H,30,31)/t20?,22-,23?/m0/s1. The summed E-state index contributed by atoms with van der Waals surface area (Å²) in [5, 5.41) is 14.7. The van der Waals surface area contributed by atoms with Crippen LogP contribution < -0.4 is 10.6 Å². The fourth-order valence-electron chi connectivity index (χ4n) is 5.03. The van der Waals surface area contributed by atoms with Gasteiger partial charge in [0, 0.05) is 12.0 Å². The third-order valence-electron chi connectivity index (χ3n) is 6.77. The topological polar surface area (TPSA) is 105 Å². The van der Waals surface area contributed by atoms with Crippen molar-refractivity contribution >= 4 is 18.0 Å². The Morgan fingerprint density at radius 2 is 1.61 bits per heavy atom. The molecule has 4 rings (SSSR count). The van der Waals surface area contributed by atoms with Crippen molar-refractivity contribution in [2.24, 2.45) is 5.92 Å². The van der Waals surface area contributed by atoms with Crippen LogP contribution >= 0.6 is 0 Å². The number of amides is 2. The molecule has 0 radical (unpaired) electrons. The maximum atomic E-state index is 12.7. The van der Waals surface area contributed by atoms with Crippen molar-refractivity contribution in [2.45, 2.75) is 57.0 Å². The highest BCUT2D eigenvalue weighted by Crippen LogP contribution is 2.44. The molecule has 2 amide bonds. The van der Waals surface area contributed by atoms with E-state index >= 15 is 0 Å². The number of ether oxygens (including phenoxy) is 1. The quantitative estimate of drug-likeness (QED) is 0.590. The summed E-state index contributed by atoms with van der Waals surface area (Å²) in [6.45, 7) is 1.92. The van der Waals surface area contributed by atoms with Gasteiger partial charge < -0.3 is 20.5 Å². The minimum absolute atomic E-state index is 0.0329. The van der Waals surface area contributed by atoms with Crippen LogP contribution in [0.2, 0.25) is 0 Å². The van der Waals surface area contributed by atoms with Crippen LogP contribution in [0.5, 0.6) is 0 Å². The number of fused-ring (bicyclic) bond motifs is 3. The number of benzene rings is 2. The summed E-state index contributed by atoms with van der Waals surface area (Å²) >= 11 is 0. The maximum Gasteiger partial charge on any atom is 0.407 e. The van der Waals surface area contributed by atoms with Gasteiger partial charge in [0.2, 0.25) is 5.91 Å². The van der Waals surface area contributed by atoms with Crippen molar-refractivity contribution in [1.29, 1.82) is 0 Å². The van der Waals surface area contributed by atoms with E-state index in [4.69, 9.17) is 4.74 Å². The molecule has 2 aromatic rings. The second-order valence-corrected chi connectivity index (χ2v) is 8.77. The molecule has 33 heavy (non-hydrogen) atoms. The average molecular weight is 451 g/mol. The first-order valence-electron chi connectivity index (χ1n) is 11.6. The predicted molar refractivity (Wildman–Crippen MR) is 124 cm³/mol. The van der Waals surface area contributed by atoms with Crippen LogP contribution in [-0.2, 0) is 14.3 Å². The van der Waals surface area contributed by atoms with Crippen molar-refractivity contribution < 1.29 is 24.2 Å². The first kappa shape index (κ1) is 22.8. The first-order valence-corrected chi connectivity index (χ1v) is 11.6. The Kier molecular flexibility index (Phi) is 6.96. The van der Waals surface area contributed by atoms with Crippen LogP contribution in [-0.4, -0.2) is 41.8 Å². The lowest BCUT2D eigenvalue weighted by Gasteiger charge is -2.31. The summed E-state index contributed by atoms with van der Waals surface area (Å²) < 4.78 is 5.64. The molecule has 0 bridgehead atoms. The maximum absolute atomic E-state index is 12.7. The molecule has 0 aliphatic heterocycles. The summed E-state index contributed by atoms with van der Waals surface area (Å²) in [6.07, 6.45) is 2.78. The van der Waals surface area contributed by atoms with Gasteiger partial charge in [0.25, 0.3) is 0 Å². The first-order chi connectivity index (χ1) is 16.0. The van der Waals surface area contributed by atoms with Crippen molar-refractivity contribution in [3.63, 3.8) is 0 Å². The molecule has 0 saturated heterocycles. The van der Waals surface area contributed by atoms with Gasteiger partial charge in [0.05, 0.1) is 5.92 Å². The smallest absolute Gasteiger partial charge is 0.407 e. The Balaban J connectivity index is 1.39. The number of rotatable bonds is 7. The number of aliphatic carboxylic acids is 1. The highest BCUT2D eigenvalue weighted by Gasteiger charge is 2.35. The van der Waals surface area contributed by atoms with Gasteiger partial charge in [-0.2, -0.15) is 0 Å². The number of carboxylic acid groups (broad SMARTS) is 1. The minimum Gasteiger partial charge on any atom is -0.480 e. The minimum atomic E-state index is -1.05. The van der Waals surface area contributed by atoms with Crippen molar-refractivity contribution in [1.82, 2.24) is 10.6 Å². The van der Waals surface area contributed by atoms with E-state index in [2.05, 4.69) is 34.9 Å². The van der Waals surface area contributed by atoms with Gasteiger partial charge >= 0.3 is 12.1 Å². The molecule has 3 N–H and O–H groups in total. The van der Waals surface area contributed by atoms with E-state index in [-0.39, 0.29) is 24.5 Å². The fraction of sp³-hybridized carbons (Fsp3) is 0.423. The van der Waals surface area contributed by atoms with Gasteiger partial charge in [0.15, 0.2) is 0 Å². The summed E-state index contributed by atoms with van der Waals surface area (Å²) in [5.41, 5.74) is 4.60. The summed E-state index contributed by atoms with van der Waals surface area (Å²) in [7, 11) is 0. The molecule has 0 aromatic heterocycles. The molecule has 7 heteroatoms. The zero-order valence-electron chi connectivity index (χ0n) is 18.8. The van der Waals surface area contributed by atoms with E-state index in [0.29, 0.717) is 19.3 Å². The highest BCUT2D eigenvalue weighted by atomic mass is 16.5. The zero-order valence-corrected chi connectivity index (χ0v) is 18.8. The van der Waals surface area contributed by atoms with Gasteiger partial charge in [-0.05, 0) is 41.5 Å². The number of carboxylic acids is 1. The Hall–Kier alpha value is -3.35. The Morgan fingerprint density at radius 1 is 1.00 bits per heavy atom. The molecule has 1 saturated carbocycles. The molecule has 2 unspecified atom stereocenters. The Bertz CT molecular complexity index is 991. The fourth-order valence-corrected chi connectivity index (χ4v) is 5.03. The number of hydrogen-bond acceptors (Lipinski definition) is 4. The molecule has 2 aliphatic carbocycles. The van der Waals surface area contributed by atoms with E-state index in [1.165, 1.54) is 0 Å². The van der Waals surface area contributed by atoms with Crippen molar-refractivity contribution in [3.05, 3.63) is 59.7 Å². The van der Waals surface area contributed by atoms with Crippen LogP contribution in [0.4, 0.5) is 4.79 Å². The lowest BCUT2D eigenvalue weighted by atomic mass is 9.83. The molecular weight excluding hydrogens is 420 g/mol. The van der Waals surface area contributed by atoms with E-state index in [1.54, 1.807) is 6.92 Å². The second-order valence-electron chi connectivity index (χ2n) is 8.77. The number of carbonyl (C=O) groups excluding carboxylic acids is 2. The molecule has 1 fully saturated rings. The van der Waals surface area contributed by atoms with E-state index in [0.717, 1.165) is 35.1 Å². The van der Waals surface area contributed by atoms with E-state index in [1.807, 2.05) is 24.3 Å². The molecule has 0 heterocycles. The highest BCUT2D eigenvalue weighted by molar-refractivity contribution is 5.86.